The number of methoxy groups -OCH3 is 1. The molecule has 1 saturated carbocycles. The van der Waals surface area contributed by atoms with Gasteiger partial charge in [-0.05, 0) is 36.3 Å². The molecule has 1 fully saturated rings. The van der Waals surface area contributed by atoms with Gasteiger partial charge in [-0.2, -0.15) is 0 Å². The Kier molecular flexibility index (Phi) is 5.79. The first-order valence-corrected chi connectivity index (χ1v) is 9.64. The third kappa shape index (κ3) is 4.50. The summed E-state index contributed by atoms with van der Waals surface area (Å²) >= 11 is 1.27. The van der Waals surface area contributed by atoms with Crippen molar-refractivity contribution in [2.24, 2.45) is 0 Å². The quantitative estimate of drug-likeness (QED) is 0.802. The molecular formula is C14H24N2O3S2. The van der Waals surface area contributed by atoms with E-state index >= 15 is 0 Å². The summed E-state index contributed by atoms with van der Waals surface area (Å²) in [5.74, 6) is 0. The van der Waals surface area contributed by atoms with Crippen molar-refractivity contribution >= 4 is 21.4 Å². The Morgan fingerprint density at radius 2 is 2.19 bits per heavy atom. The van der Waals surface area contributed by atoms with Crippen molar-refractivity contribution in [2.75, 3.05) is 7.11 Å². The molecule has 0 bridgehead atoms. The summed E-state index contributed by atoms with van der Waals surface area (Å²) in [7, 11) is -1.81. The van der Waals surface area contributed by atoms with E-state index in [1.165, 1.54) is 11.3 Å². The van der Waals surface area contributed by atoms with Gasteiger partial charge in [-0.25, -0.2) is 13.1 Å². The second-order valence-electron chi connectivity index (χ2n) is 5.74. The van der Waals surface area contributed by atoms with Gasteiger partial charge in [-0.1, -0.05) is 13.8 Å². The highest BCUT2D eigenvalue weighted by Gasteiger charge is 2.31. The number of thiophene rings is 1. The van der Waals surface area contributed by atoms with Gasteiger partial charge >= 0.3 is 0 Å². The summed E-state index contributed by atoms with van der Waals surface area (Å²) in [6.07, 6.45) is 2.74. The SMILES string of the molecule is COC1CCCC1NS(=O)(=O)c1cc(CNC(C)C)cs1. The molecule has 0 spiro atoms. The summed E-state index contributed by atoms with van der Waals surface area (Å²) < 4.78 is 33.4. The normalized spacial score (nSPS) is 23.0. The minimum Gasteiger partial charge on any atom is -0.380 e. The van der Waals surface area contributed by atoms with Gasteiger partial charge in [0.2, 0.25) is 10.0 Å². The van der Waals surface area contributed by atoms with Crippen LogP contribution >= 0.6 is 11.3 Å². The van der Waals surface area contributed by atoms with E-state index in [0.29, 0.717) is 16.8 Å². The molecule has 21 heavy (non-hydrogen) atoms. The van der Waals surface area contributed by atoms with Crippen molar-refractivity contribution in [3.05, 3.63) is 17.0 Å². The van der Waals surface area contributed by atoms with Crippen LogP contribution in [0.2, 0.25) is 0 Å². The van der Waals surface area contributed by atoms with Crippen molar-refractivity contribution in [1.29, 1.82) is 0 Å². The molecule has 1 aliphatic rings. The topological polar surface area (TPSA) is 67.4 Å². The molecule has 0 aromatic carbocycles. The number of hydrogen-bond donors (Lipinski definition) is 2. The second-order valence-corrected chi connectivity index (χ2v) is 8.59. The predicted molar refractivity (Wildman–Crippen MR) is 85.1 cm³/mol. The fourth-order valence-electron chi connectivity index (χ4n) is 2.51. The van der Waals surface area contributed by atoms with Crippen LogP contribution in [0.5, 0.6) is 0 Å². The zero-order valence-corrected chi connectivity index (χ0v) is 14.4. The van der Waals surface area contributed by atoms with Crippen LogP contribution < -0.4 is 10.0 Å². The van der Waals surface area contributed by atoms with E-state index in [2.05, 4.69) is 23.9 Å². The van der Waals surface area contributed by atoms with E-state index < -0.39 is 10.0 Å². The first-order chi connectivity index (χ1) is 9.92. The first kappa shape index (κ1) is 16.9. The Balaban J connectivity index is 2.02. The standard InChI is InChI=1S/C14H24N2O3S2/c1-10(2)15-8-11-7-14(20-9-11)21(17,18)16-12-5-4-6-13(12)19-3/h7,9-10,12-13,15-16H,4-6,8H2,1-3H3. The second kappa shape index (κ2) is 7.19. The largest absolute Gasteiger partial charge is 0.380 e. The van der Waals surface area contributed by atoms with Crippen LogP contribution in [0.1, 0.15) is 38.7 Å². The lowest BCUT2D eigenvalue weighted by atomic mass is 10.2. The Hall–Kier alpha value is -0.470. The number of rotatable bonds is 7. The molecule has 7 heteroatoms. The fraction of sp³-hybridized carbons (Fsp3) is 0.714. The highest BCUT2D eigenvalue weighted by atomic mass is 32.2. The van der Waals surface area contributed by atoms with E-state index in [4.69, 9.17) is 4.74 Å². The smallest absolute Gasteiger partial charge is 0.250 e. The van der Waals surface area contributed by atoms with Crippen LogP contribution in [-0.2, 0) is 21.3 Å². The number of sulfonamides is 1. The molecular weight excluding hydrogens is 308 g/mol. The maximum atomic E-state index is 12.4. The van der Waals surface area contributed by atoms with Gasteiger partial charge in [0.15, 0.2) is 0 Å². The van der Waals surface area contributed by atoms with Gasteiger partial charge < -0.3 is 10.1 Å². The molecule has 2 N–H and O–H groups in total. The van der Waals surface area contributed by atoms with Crippen LogP contribution in [-0.4, -0.2) is 33.7 Å². The average Bonchev–Trinajstić information content (AvgIpc) is 3.04. The number of hydrogen-bond acceptors (Lipinski definition) is 5. The van der Waals surface area contributed by atoms with Crippen molar-refractivity contribution in [1.82, 2.24) is 10.0 Å². The molecule has 0 aliphatic heterocycles. The molecule has 2 rings (SSSR count). The van der Waals surface area contributed by atoms with Crippen LogP contribution in [0, 0.1) is 0 Å². The highest BCUT2D eigenvalue weighted by Crippen LogP contribution is 2.25. The van der Waals surface area contributed by atoms with Crippen LogP contribution in [0.15, 0.2) is 15.7 Å². The molecule has 5 nitrogen and oxygen atoms in total. The van der Waals surface area contributed by atoms with Gasteiger partial charge in [0.05, 0.1) is 6.10 Å². The Morgan fingerprint density at radius 1 is 1.43 bits per heavy atom. The predicted octanol–water partition coefficient (Wildman–Crippen LogP) is 2.09. The van der Waals surface area contributed by atoms with Gasteiger partial charge in [-0.3, -0.25) is 0 Å². The summed E-state index contributed by atoms with van der Waals surface area (Å²) in [5, 5.41) is 5.18. The van der Waals surface area contributed by atoms with E-state index in [1.54, 1.807) is 13.2 Å². The lowest BCUT2D eigenvalue weighted by Gasteiger charge is -2.18. The number of ether oxygens (including phenoxy) is 1. The minimum absolute atomic E-state index is 0.0122. The molecule has 1 aromatic rings. The monoisotopic (exact) mass is 332 g/mol. The zero-order valence-electron chi connectivity index (χ0n) is 12.8. The molecule has 1 aromatic heterocycles. The number of nitrogens with one attached hydrogen (secondary N) is 2. The minimum atomic E-state index is -3.44. The van der Waals surface area contributed by atoms with Crippen LogP contribution in [0.25, 0.3) is 0 Å². The van der Waals surface area contributed by atoms with Crippen LogP contribution in [0.4, 0.5) is 0 Å². The lowest BCUT2D eigenvalue weighted by Crippen LogP contribution is -2.40. The molecule has 120 valence electrons. The Bertz CT molecular complexity index is 554. The molecule has 1 heterocycles. The zero-order chi connectivity index (χ0) is 15.5. The summed E-state index contributed by atoms with van der Waals surface area (Å²) in [6, 6.07) is 2.02. The van der Waals surface area contributed by atoms with Crippen molar-refractivity contribution in [2.45, 2.75) is 62.1 Å². The van der Waals surface area contributed by atoms with Crippen LogP contribution in [0.3, 0.4) is 0 Å². The third-order valence-corrected chi connectivity index (χ3v) is 6.65. The highest BCUT2D eigenvalue weighted by molar-refractivity contribution is 7.91. The van der Waals surface area contributed by atoms with Crippen molar-refractivity contribution in [3.63, 3.8) is 0 Å². The molecule has 0 amide bonds. The molecule has 0 radical (unpaired) electrons. The first-order valence-electron chi connectivity index (χ1n) is 7.28. The van der Waals surface area contributed by atoms with Gasteiger partial charge in [0, 0.05) is 25.7 Å². The third-order valence-electron chi connectivity index (χ3n) is 3.67. The van der Waals surface area contributed by atoms with Crippen molar-refractivity contribution in [3.8, 4) is 0 Å². The fourth-order valence-corrected chi connectivity index (χ4v) is 5.03. The maximum absolute atomic E-state index is 12.4. The van der Waals surface area contributed by atoms with Crippen molar-refractivity contribution < 1.29 is 13.2 Å². The van der Waals surface area contributed by atoms with E-state index in [9.17, 15) is 8.42 Å². The van der Waals surface area contributed by atoms with Gasteiger partial charge in [0.25, 0.3) is 0 Å². The van der Waals surface area contributed by atoms with E-state index in [-0.39, 0.29) is 12.1 Å². The maximum Gasteiger partial charge on any atom is 0.250 e. The summed E-state index contributed by atoms with van der Waals surface area (Å²) in [5.41, 5.74) is 1.00. The Labute approximate surface area is 131 Å². The molecule has 1 aliphatic carbocycles. The van der Waals surface area contributed by atoms with E-state index in [0.717, 1.165) is 24.8 Å². The molecule has 0 saturated heterocycles. The van der Waals surface area contributed by atoms with E-state index in [1.807, 2.05) is 5.38 Å². The van der Waals surface area contributed by atoms with Gasteiger partial charge in [0.1, 0.15) is 4.21 Å². The molecule has 2 unspecified atom stereocenters. The summed E-state index contributed by atoms with van der Waals surface area (Å²) in [4.78, 5) is 0. The average molecular weight is 332 g/mol. The Morgan fingerprint density at radius 3 is 2.86 bits per heavy atom. The summed E-state index contributed by atoms with van der Waals surface area (Å²) in [6.45, 7) is 4.82. The lowest BCUT2D eigenvalue weighted by molar-refractivity contribution is 0.0916. The van der Waals surface area contributed by atoms with Gasteiger partial charge in [-0.15, -0.1) is 11.3 Å². The molecule has 2 atom stereocenters.